The summed E-state index contributed by atoms with van der Waals surface area (Å²) in [7, 11) is -3.75. The molecule has 34 heavy (non-hydrogen) atoms. The lowest BCUT2D eigenvalue weighted by Gasteiger charge is -2.09. The van der Waals surface area contributed by atoms with Gasteiger partial charge in [-0.25, -0.2) is 13.4 Å². The molecule has 1 aliphatic rings. The van der Waals surface area contributed by atoms with Crippen molar-refractivity contribution in [1.82, 2.24) is 4.98 Å². The average Bonchev–Trinajstić information content (AvgIpc) is 3.44. The lowest BCUT2D eigenvalue weighted by Crippen LogP contribution is -2.15. The number of carbonyl (C=O) groups is 1. The van der Waals surface area contributed by atoms with E-state index in [0.29, 0.717) is 16.4 Å². The van der Waals surface area contributed by atoms with E-state index in [-0.39, 0.29) is 10.8 Å². The molecule has 0 radical (unpaired) electrons. The predicted molar refractivity (Wildman–Crippen MR) is 136 cm³/mol. The normalized spacial score (nSPS) is 12.8. The van der Waals surface area contributed by atoms with Crippen LogP contribution in [-0.2, 0) is 22.9 Å². The molecule has 0 fully saturated rings. The Balaban J connectivity index is 1.27. The van der Waals surface area contributed by atoms with Gasteiger partial charge in [0, 0.05) is 16.6 Å². The fourth-order valence-corrected chi connectivity index (χ4v) is 6.48. The number of rotatable bonds is 5. The number of sulfonamides is 1. The van der Waals surface area contributed by atoms with Crippen molar-refractivity contribution >= 4 is 59.1 Å². The highest BCUT2D eigenvalue weighted by atomic mass is 32.2. The van der Waals surface area contributed by atoms with Crippen LogP contribution in [0.3, 0.4) is 0 Å². The summed E-state index contributed by atoms with van der Waals surface area (Å²) in [6.45, 7) is 0. The summed E-state index contributed by atoms with van der Waals surface area (Å²) in [4.78, 5) is 17.8. The van der Waals surface area contributed by atoms with Gasteiger partial charge in [0.1, 0.15) is 0 Å². The van der Waals surface area contributed by atoms with Crippen molar-refractivity contribution in [3.8, 4) is 0 Å². The minimum atomic E-state index is -3.75. The SMILES string of the molecule is O=C(Nc1nc2c(cc3c4c(cccc42)CC3)s1)c1cccc(NS(=O)(=O)c2ccccc2)c1. The van der Waals surface area contributed by atoms with Crippen LogP contribution in [0.2, 0.25) is 0 Å². The zero-order valence-electron chi connectivity index (χ0n) is 17.9. The number of nitrogens with zero attached hydrogens (tertiary/aromatic N) is 1. The summed E-state index contributed by atoms with van der Waals surface area (Å²) in [5.74, 6) is -0.350. The first-order valence-electron chi connectivity index (χ1n) is 10.8. The highest BCUT2D eigenvalue weighted by molar-refractivity contribution is 7.92. The molecule has 0 bridgehead atoms. The fraction of sp³-hybridized carbons (Fsp3) is 0.0769. The lowest BCUT2D eigenvalue weighted by atomic mass is 10.0. The van der Waals surface area contributed by atoms with E-state index in [9.17, 15) is 13.2 Å². The minimum absolute atomic E-state index is 0.155. The van der Waals surface area contributed by atoms with Crippen molar-refractivity contribution in [1.29, 1.82) is 0 Å². The summed E-state index contributed by atoms with van der Waals surface area (Å²) in [6.07, 6.45) is 2.08. The number of aromatic nitrogens is 1. The first-order chi connectivity index (χ1) is 16.5. The van der Waals surface area contributed by atoms with Gasteiger partial charge in [0.05, 0.1) is 15.1 Å². The molecule has 0 saturated heterocycles. The van der Waals surface area contributed by atoms with Gasteiger partial charge in [-0.15, -0.1) is 0 Å². The van der Waals surface area contributed by atoms with Crippen LogP contribution in [0.25, 0.3) is 21.0 Å². The highest BCUT2D eigenvalue weighted by Gasteiger charge is 2.20. The van der Waals surface area contributed by atoms with Gasteiger partial charge in [-0.3, -0.25) is 14.8 Å². The third-order valence-corrected chi connectivity index (χ3v) is 8.32. The number of hydrogen-bond acceptors (Lipinski definition) is 5. The molecule has 0 atom stereocenters. The van der Waals surface area contributed by atoms with Crippen molar-refractivity contribution in [3.05, 3.63) is 95.6 Å². The molecule has 0 saturated carbocycles. The Labute approximate surface area is 200 Å². The average molecular weight is 486 g/mol. The van der Waals surface area contributed by atoms with Crippen LogP contribution in [0.1, 0.15) is 21.5 Å². The first kappa shape index (κ1) is 20.8. The van der Waals surface area contributed by atoms with Gasteiger partial charge in [-0.2, -0.15) is 0 Å². The van der Waals surface area contributed by atoms with Crippen LogP contribution in [0.5, 0.6) is 0 Å². The maximum absolute atomic E-state index is 13.0. The van der Waals surface area contributed by atoms with E-state index < -0.39 is 10.0 Å². The molecular weight excluding hydrogens is 466 g/mol. The Bertz CT molecular complexity index is 1690. The van der Waals surface area contributed by atoms with E-state index in [1.54, 1.807) is 36.4 Å². The second-order valence-corrected chi connectivity index (χ2v) is 10.9. The molecular formula is C26H19N3O3S2. The first-order valence-corrected chi connectivity index (χ1v) is 13.1. The van der Waals surface area contributed by atoms with Gasteiger partial charge in [0.15, 0.2) is 5.13 Å². The van der Waals surface area contributed by atoms with E-state index in [4.69, 9.17) is 4.98 Å². The number of nitrogens with one attached hydrogen (secondary N) is 2. The third-order valence-electron chi connectivity index (χ3n) is 6.00. The van der Waals surface area contributed by atoms with E-state index in [1.807, 2.05) is 0 Å². The van der Waals surface area contributed by atoms with E-state index in [0.717, 1.165) is 28.4 Å². The molecule has 8 heteroatoms. The Kier molecular flexibility index (Phi) is 4.86. The molecule has 0 unspecified atom stereocenters. The van der Waals surface area contributed by atoms with Gasteiger partial charge in [0.25, 0.3) is 15.9 Å². The standard InChI is InChI=1S/C26H19N3O3S2/c30-25(18-7-4-8-19(14-18)29-34(31,32)20-9-2-1-3-10-20)28-26-27-24-21-11-5-6-16-12-13-17(23(16)21)15-22(24)33-26/h1-11,14-15,29H,12-13H2,(H,27,28,30). The zero-order valence-corrected chi connectivity index (χ0v) is 19.5. The smallest absolute Gasteiger partial charge is 0.261 e. The summed E-state index contributed by atoms with van der Waals surface area (Å²) in [5.41, 5.74) is 4.22. The van der Waals surface area contributed by atoms with Crippen molar-refractivity contribution in [2.45, 2.75) is 17.7 Å². The molecule has 0 spiro atoms. The monoisotopic (exact) mass is 485 g/mol. The Morgan fingerprint density at radius 3 is 2.53 bits per heavy atom. The van der Waals surface area contributed by atoms with Gasteiger partial charge >= 0.3 is 0 Å². The Morgan fingerprint density at radius 1 is 0.882 bits per heavy atom. The second-order valence-electron chi connectivity index (χ2n) is 8.19. The largest absolute Gasteiger partial charge is 0.298 e. The van der Waals surface area contributed by atoms with Gasteiger partial charge < -0.3 is 0 Å². The van der Waals surface area contributed by atoms with Gasteiger partial charge in [0.2, 0.25) is 0 Å². The van der Waals surface area contributed by atoms with Crippen molar-refractivity contribution < 1.29 is 13.2 Å². The number of hydrogen-bond donors (Lipinski definition) is 2. The van der Waals surface area contributed by atoms with Crippen molar-refractivity contribution in [2.75, 3.05) is 10.0 Å². The molecule has 4 aromatic carbocycles. The maximum Gasteiger partial charge on any atom is 0.261 e. The Morgan fingerprint density at radius 2 is 1.68 bits per heavy atom. The number of amides is 1. The van der Waals surface area contributed by atoms with Crippen LogP contribution in [0, 0.1) is 0 Å². The zero-order chi connectivity index (χ0) is 23.3. The van der Waals surface area contributed by atoms with E-state index >= 15 is 0 Å². The molecule has 6 rings (SSSR count). The summed E-state index contributed by atoms with van der Waals surface area (Å²) in [5, 5.41) is 5.80. The molecule has 5 aromatic rings. The van der Waals surface area contributed by atoms with Crippen LogP contribution in [0.15, 0.2) is 83.8 Å². The molecule has 2 N–H and O–H groups in total. The lowest BCUT2D eigenvalue weighted by molar-refractivity contribution is 0.102. The van der Waals surface area contributed by atoms with Crippen LogP contribution in [0.4, 0.5) is 10.8 Å². The van der Waals surface area contributed by atoms with Crippen molar-refractivity contribution in [3.63, 3.8) is 0 Å². The fourth-order valence-electron chi connectivity index (χ4n) is 4.47. The number of benzene rings is 4. The predicted octanol–water partition coefficient (Wildman–Crippen LogP) is 5.60. The molecule has 0 aliphatic heterocycles. The molecule has 168 valence electrons. The van der Waals surface area contributed by atoms with Crippen LogP contribution >= 0.6 is 11.3 Å². The number of thiazole rings is 1. The van der Waals surface area contributed by atoms with Crippen LogP contribution < -0.4 is 10.0 Å². The molecule has 6 nitrogen and oxygen atoms in total. The minimum Gasteiger partial charge on any atom is -0.298 e. The number of carbonyl (C=O) groups excluding carboxylic acids is 1. The third kappa shape index (κ3) is 3.61. The topological polar surface area (TPSA) is 88.2 Å². The number of anilines is 2. The van der Waals surface area contributed by atoms with Crippen molar-refractivity contribution in [2.24, 2.45) is 0 Å². The maximum atomic E-state index is 13.0. The van der Waals surface area contributed by atoms with Crippen LogP contribution in [-0.4, -0.2) is 19.3 Å². The molecule has 1 heterocycles. The summed E-state index contributed by atoms with van der Waals surface area (Å²) < 4.78 is 28.8. The summed E-state index contributed by atoms with van der Waals surface area (Å²) >= 11 is 1.44. The van der Waals surface area contributed by atoms with Gasteiger partial charge in [-0.1, -0.05) is 53.8 Å². The number of fused-ring (bicyclic) bond motifs is 2. The number of aryl methyl sites for hydroxylation is 2. The Hall–Kier alpha value is -3.75. The quantitative estimate of drug-likeness (QED) is 0.339. The van der Waals surface area contributed by atoms with Gasteiger partial charge in [-0.05, 0) is 65.8 Å². The highest BCUT2D eigenvalue weighted by Crippen LogP contribution is 2.39. The molecule has 1 aliphatic carbocycles. The summed E-state index contributed by atoms with van der Waals surface area (Å²) in [6, 6.07) is 23.0. The van der Waals surface area contributed by atoms with E-state index in [1.165, 1.54) is 46.0 Å². The van der Waals surface area contributed by atoms with E-state index in [2.05, 4.69) is 34.3 Å². The molecule has 1 amide bonds. The second kappa shape index (κ2) is 7.93. The molecule has 1 aromatic heterocycles.